The Bertz CT molecular complexity index is 1770. The molecule has 1 amide bonds. The predicted molar refractivity (Wildman–Crippen MR) is 205 cm³/mol. The Labute approximate surface area is 305 Å². The Morgan fingerprint density at radius 1 is 1.04 bits per heavy atom. The normalized spacial score (nSPS) is 16.4. The fourth-order valence-corrected chi connectivity index (χ4v) is 7.80. The topological polar surface area (TPSA) is 101 Å². The van der Waals surface area contributed by atoms with E-state index >= 15 is 0 Å². The summed E-state index contributed by atoms with van der Waals surface area (Å²) in [5.41, 5.74) is 7.58. The molecule has 2 atom stereocenters. The van der Waals surface area contributed by atoms with Gasteiger partial charge in [0.2, 0.25) is 0 Å². The minimum Gasteiger partial charge on any atom is -0.611 e. The lowest BCUT2D eigenvalue weighted by Gasteiger charge is -2.28. The van der Waals surface area contributed by atoms with E-state index in [-0.39, 0.29) is 5.91 Å². The summed E-state index contributed by atoms with van der Waals surface area (Å²) >= 11 is -1.23. The predicted octanol–water partition coefficient (Wildman–Crippen LogP) is 7.65. The lowest BCUT2D eigenvalue weighted by molar-refractivity contribution is -0.112. The molecule has 4 aromatic rings. The zero-order chi connectivity index (χ0) is 35.6. The number of aromatic nitrogens is 2. The van der Waals surface area contributed by atoms with Crippen LogP contribution in [0, 0.1) is 12.8 Å². The van der Waals surface area contributed by atoms with Crippen LogP contribution in [0.1, 0.15) is 56.5 Å². The minimum absolute atomic E-state index is 0.131. The Hall–Kier alpha value is -4.09. The number of rotatable bonds is 16. The SMILES string of the molecule is CCCCOCCOc1ccc(-c2ccc3c(c2)C=C(C(=O)Nc2ccc([S@+]([O-])Cc4c(C)ncn4CC)cc2)CCN3C[C@H]2CCOC2)cc1. The summed E-state index contributed by atoms with van der Waals surface area (Å²) in [6.07, 6.45) is 7.69. The number of carbonyl (C=O) groups is 1. The van der Waals surface area contributed by atoms with Crippen LogP contribution in [0.5, 0.6) is 5.75 Å². The van der Waals surface area contributed by atoms with Crippen molar-refractivity contribution in [3.63, 3.8) is 0 Å². The number of anilines is 2. The first-order valence-corrected chi connectivity index (χ1v) is 19.5. The van der Waals surface area contributed by atoms with Crippen molar-refractivity contribution in [3.8, 4) is 16.9 Å². The number of aryl methyl sites for hydroxylation is 2. The van der Waals surface area contributed by atoms with Gasteiger partial charge < -0.3 is 33.5 Å². The molecular weight excluding hydrogens is 661 g/mol. The van der Waals surface area contributed by atoms with E-state index in [4.69, 9.17) is 14.2 Å². The lowest BCUT2D eigenvalue weighted by atomic mass is 9.99. The third-order valence-corrected chi connectivity index (χ3v) is 10.9. The molecule has 0 spiro atoms. The van der Waals surface area contributed by atoms with Crippen molar-refractivity contribution in [1.29, 1.82) is 0 Å². The third-order valence-electron chi connectivity index (χ3n) is 9.61. The molecular formula is C41H50N4O5S. The van der Waals surface area contributed by atoms with Gasteiger partial charge in [-0.3, -0.25) is 4.79 Å². The molecule has 6 rings (SSSR count). The van der Waals surface area contributed by atoms with Crippen molar-refractivity contribution in [2.75, 3.05) is 56.3 Å². The second kappa shape index (κ2) is 17.9. The molecule has 3 aromatic carbocycles. The molecule has 10 heteroatoms. The number of hydrogen-bond acceptors (Lipinski definition) is 7. The molecule has 2 aliphatic rings. The Morgan fingerprint density at radius 3 is 2.59 bits per heavy atom. The zero-order valence-electron chi connectivity index (χ0n) is 30.1. The summed E-state index contributed by atoms with van der Waals surface area (Å²) in [5.74, 6) is 1.55. The molecule has 1 N–H and O–H groups in total. The van der Waals surface area contributed by atoms with E-state index in [0.29, 0.717) is 41.9 Å². The molecule has 1 saturated heterocycles. The zero-order valence-corrected chi connectivity index (χ0v) is 30.9. The number of nitrogens with zero attached hydrogens (tertiary/aromatic N) is 3. The average molecular weight is 711 g/mol. The number of nitrogens with one attached hydrogen (secondary N) is 1. The first kappa shape index (κ1) is 36.7. The van der Waals surface area contributed by atoms with Crippen LogP contribution in [0.4, 0.5) is 11.4 Å². The van der Waals surface area contributed by atoms with E-state index in [9.17, 15) is 9.35 Å². The maximum absolute atomic E-state index is 13.8. The second-order valence-electron chi connectivity index (χ2n) is 13.2. The van der Waals surface area contributed by atoms with E-state index in [2.05, 4.69) is 59.4 Å². The van der Waals surface area contributed by atoms with E-state index in [1.54, 1.807) is 6.33 Å². The first-order chi connectivity index (χ1) is 24.9. The minimum atomic E-state index is -1.23. The van der Waals surface area contributed by atoms with E-state index in [1.165, 1.54) is 0 Å². The maximum atomic E-state index is 13.8. The highest BCUT2D eigenvalue weighted by molar-refractivity contribution is 7.90. The van der Waals surface area contributed by atoms with Crippen molar-refractivity contribution in [2.45, 2.75) is 63.6 Å². The number of benzene rings is 3. The van der Waals surface area contributed by atoms with Gasteiger partial charge in [0.15, 0.2) is 10.6 Å². The second-order valence-corrected chi connectivity index (χ2v) is 14.7. The number of hydrogen-bond donors (Lipinski definition) is 1. The molecule has 1 aromatic heterocycles. The van der Waals surface area contributed by atoms with Gasteiger partial charge in [-0.15, -0.1) is 0 Å². The quantitative estimate of drug-likeness (QED) is 0.0942. The van der Waals surface area contributed by atoms with Crippen molar-refractivity contribution in [3.05, 3.63) is 95.6 Å². The van der Waals surface area contributed by atoms with Crippen molar-refractivity contribution < 1.29 is 23.6 Å². The van der Waals surface area contributed by atoms with Gasteiger partial charge in [0.05, 0.1) is 30.9 Å². The monoisotopic (exact) mass is 710 g/mol. The number of fused-ring (bicyclic) bond motifs is 1. The van der Waals surface area contributed by atoms with Crippen molar-refractivity contribution in [2.24, 2.45) is 5.92 Å². The highest BCUT2D eigenvalue weighted by Crippen LogP contribution is 2.34. The van der Waals surface area contributed by atoms with Gasteiger partial charge in [-0.25, -0.2) is 4.98 Å². The van der Waals surface area contributed by atoms with Crippen LogP contribution in [-0.4, -0.2) is 66.1 Å². The maximum Gasteiger partial charge on any atom is 0.251 e. The van der Waals surface area contributed by atoms with E-state index in [1.807, 2.05) is 54.0 Å². The molecule has 0 aliphatic carbocycles. The van der Waals surface area contributed by atoms with Crippen LogP contribution < -0.4 is 15.0 Å². The summed E-state index contributed by atoms with van der Waals surface area (Å²) in [4.78, 5) is 21.3. The molecule has 2 aliphatic heterocycles. The summed E-state index contributed by atoms with van der Waals surface area (Å²) in [6.45, 7) is 12.0. The highest BCUT2D eigenvalue weighted by Gasteiger charge is 2.25. The molecule has 270 valence electrons. The number of unbranched alkanes of at least 4 members (excludes halogenated alkanes) is 1. The number of ether oxygens (including phenoxy) is 3. The standard InChI is InChI=1S/C41H50N4O5S/c1-4-6-20-48-22-23-50-37-12-7-32(8-13-37)33-9-16-39-35(24-33)25-34(17-19-45(39)26-31-18-21-49-27-31)41(46)43-36-10-14-38(15-11-36)51(47)28-40-30(3)42-29-44(40)5-2/h7-16,24-25,29,31H,4-6,17-23,26-28H2,1-3H3,(H,43,46)/t31-,51-/m1/s1. The Morgan fingerprint density at radius 2 is 1.84 bits per heavy atom. The van der Waals surface area contributed by atoms with E-state index < -0.39 is 11.2 Å². The van der Waals surface area contributed by atoms with Crippen molar-refractivity contribution in [1.82, 2.24) is 9.55 Å². The molecule has 0 saturated carbocycles. The third kappa shape index (κ3) is 9.62. The van der Waals surface area contributed by atoms with Gasteiger partial charge >= 0.3 is 0 Å². The number of amides is 1. The summed E-state index contributed by atoms with van der Waals surface area (Å²) in [7, 11) is 0. The van der Waals surface area contributed by atoms with Gasteiger partial charge in [0.25, 0.3) is 5.91 Å². The fourth-order valence-electron chi connectivity index (χ4n) is 6.57. The molecule has 9 nitrogen and oxygen atoms in total. The summed E-state index contributed by atoms with van der Waals surface area (Å²) < 4.78 is 32.4. The van der Waals surface area contributed by atoms with Gasteiger partial charge in [-0.1, -0.05) is 31.5 Å². The molecule has 0 bridgehead atoms. The van der Waals surface area contributed by atoms with Gasteiger partial charge in [-0.05, 0) is 116 Å². The van der Waals surface area contributed by atoms with Crippen LogP contribution in [-0.2, 0) is 37.7 Å². The smallest absolute Gasteiger partial charge is 0.251 e. The van der Waals surface area contributed by atoms with Crippen LogP contribution >= 0.6 is 0 Å². The lowest BCUT2D eigenvalue weighted by Crippen LogP contribution is -2.31. The summed E-state index contributed by atoms with van der Waals surface area (Å²) in [6, 6.07) is 22.0. The molecule has 1 fully saturated rings. The Kier molecular flexibility index (Phi) is 12.9. The van der Waals surface area contributed by atoms with E-state index in [0.717, 1.165) is 104 Å². The van der Waals surface area contributed by atoms with Crippen LogP contribution in [0.15, 0.2) is 83.5 Å². The van der Waals surface area contributed by atoms with Gasteiger partial charge in [0, 0.05) is 55.7 Å². The van der Waals surface area contributed by atoms with Crippen molar-refractivity contribution >= 4 is 34.5 Å². The molecule has 0 unspecified atom stereocenters. The molecule has 3 heterocycles. The van der Waals surface area contributed by atoms with Gasteiger partial charge in [-0.2, -0.15) is 0 Å². The molecule has 0 radical (unpaired) electrons. The van der Waals surface area contributed by atoms with Crippen LogP contribution in [0.2, 0.25) is 0 Å². The van der Waals surface area contributed by atoms with Gasteiger partial charge in [0.1, 0.15) is 12.4 Å². The Balaban J connectivity index is 1.16. The molecule has 51 heavy (non-hydrogen) atoms. The highest BCUT2D eigenvalue weighted by atomic mass is 32.2. The first-order valence-electron chi connectivity index (χ1n) is 18.2. The largest absolute Gasteiger partial charge is 0.611 e. The fraction of sp³-hybridized carbons (Fsp3) is 0.415. The number of carbonyl (C=O) groups excluding carboxylic acids is 1. The average Bonchev–Trinajstić information content (AvgIpc) is 3.75. The number of imidazole rings is 1. The van der Waals surface area contributed by atoms with Crippen LogP contribution in [0.25, 0.3) is 17.2 Å². The van der Waals surface area contributed by atoms with Crippen LogP contribution in [0.3, 0.4) is 0 Å². The summed E-state index contributed by atoms with van der Waals surface area (Å²) in [5, 5.41) is 3.10.